The van der Waals surface area contributed by atoms with Gasteiger partial charge < -0.3 is 15.1 Å². The zero-order chi connectivity index (χ0) is 22.1. The van der Waals surface area contributed by atoms with Gasteiger partial charge in [0.15, 0.2) is 0 Å². The molecule has 1 N–H and O–H groups in total. The summed E-state index contributed by atoms with van der Waals surface area (Å²) in [5.41, 5.74) is 3.86. The molecule has 0 unspecified atom stereocenters. The lowest BCUT2D eigenvalue weighted by atomic mass is 10.0. The number of amides is 1. The van der Waals surface area contributed by atoms with E-state index in [0.717, 1.165) is 55.4 Å². The molecule has 2 aromatic heterocycles. The van der Waals surface area contributed by atoms with E-state index in [2.05, 4.69) is 31.2 Å². The van der Waals surface area contributed by atoms with Crippen molar-refractivity contribution in [3.05, 3.63) is 71.3 Å². The quantitative estimate of drug-likeness (QED) is 0.682. The van der Waals surface area contributed by atoms with E-state index in [-0.39, 0.29) is 11.9 Å². The molecule has 7 heteroatoms. The maximum Gasteiger partial charge on any atom is 0.262 e. The Kier molecular flexibility index (Phi) is 5.47. The van der Waals surface area contributed by atoms with Gasteiger partial charge in [0, 0.05) is 49.3 Å². The molecule has 2 aliphatic heterocycles. The van der Waals surface area contributed by atoms with Crippen LogP contribution < -0.4 is 15.1 Å². The van der Waals surface area contributed by atoms with Crippen LogP contribution in [0.15, 0.2) is 48.7 Å². The summed E-state index contributed by atoms with van der Waals surface area (Å²) in [7, 11) is 0. The minimum absolute atomic E-state index is 0.00919. The fraction of sp³-hybridized carbons (Fsp3) is 0.360. The number of rotatable bonds is 4. The van der Waals surface area contributed by atoms with E-state index in [1.165, 1.54) is 5.56 Å². The molecule has 0 bridgehead atoms. The minimum atomic E-state index is 0.00919. The molecule has 1 fully saturated rings. The molecular formula is C25H28N6O. The van der Waals surface area contributed by atoms with Crippen LogP contribution >= 0.6 is 0 Å². The van der Waals surface area contributed by atoms with Gasteiger partial charge in [0.25, 0.3) is 5.91 Å². The summed E-state index contributed by atoms with van der Waals surface area (Å²) >= 11 is 0. The molecule has 0 atom stereocenters. The van der Waals surface area contributed by atoms with Gasteiger partial charge in [-0.3, -0.25) is 4.79 Å². The van der Waals surface area contributed by atoms with E-state index in [1.54, 1.807) is 6.20 Å². The number of para-hydroxylation sites is 1. The number of nitrogens with one attached hydrogen (secondary N) is 1. The molecular weight excluding hydrogens is 400 g/mol. The van der Waals surface area contributed by atoms with Crippen molar-refractivity contribution in [3.63, 3.8) is 0 Å². The number of carbonyl (C=O) groups excluding carboxylic acids is 1. The standard InChI is InChI=1S/C25H28N6O/c1-17-16-23(28-18(2)27-17)30-13-10-20(11-14-30)29-24-21(7-5-12-26-24)25(32)31-15-9-19-6-3-4-8-22(19)31/h3-8,12,16,20H,9-11,13-15H2,1-2H3,(H,26,29). The average Bonchev–Trinajstić information content (AvgIpc) is 3.23. The molecule has 3 aromatic rings. The summed E-state index contributed by atoms with van der Waals surface area (Å²) in [5.74, 6) is 2.49. The van der Waals surface area contributed by atoms with Gasteiger partial charge in [-0.1, -0.05) is 18.2 Å². The number of aromatic nitrogens is 3. The first-order valence-electron chi connectivity index (χ1n) is 11.3. The van der Waals surface area contributed by atoms with Crippen LogP contribution in [-0.4, -0.2) is 46.5 Å². The van der Waals surface area contributed by atoms with Crippen LogP contribution in [-0.2, 0) is 6.42 Å². The number of fused-ring (bicyclic) bond motifs is 1. The summed E-state index contributed by atoms with van der Waals surface area (Å²) in [5, 5.41) is 3.55. The molecule has 0 aliphatic carbocycles. The summed E-state index contributed by atoms with van der Waals surface area (Å²) in [6, 6.07) is 14.2. The average molecular weight is 429 g/mol. The number of pyridine rings is 1. The molecule has 0 saturated carbocycles. The number of aryl methyl sites for hydroxylation is 2. The van der Waals surface area contributed by atoms with Crippen molar-refractivity contribution in [2.45, 2.75) is 39.2 Å². The second kappa shape index (κ2) is 8.57. The highest BCUT2D eigenvalue weighted by atomic mass is 16.2. The number of nitrogens with zero attached hydrogens (tertiary/aromatic N) is 5. The van der Waals surface area contributed by atoms with E-state index < -0.39 is 0 Å². The number of piperidine rings is 1. The van der Waals surface area contributed by atoms with Crippen LogP contribution in [0.5, 0.6) is 0 Å². The first kappa shape index (κ1) is 20.4. The first-order chi connectivity index (χ1) is 15.6. The molecule has 1 aromatic carbocycles. The highest BCUT2D eigenvalue weighted by Gasteiger charge is 2.28. The van der Waals surface area contributed by atoms with Crippen LogP contribution in [0.3, 0.4) is 0 Å². The van der Waals surface area contributed by atoms with Gasteiger partial charge >= 0.3 is 0 Å². The molecule has 4 heterocycles. The third-order valence-corrected chi connectivity index (χ3v) is 6.28. The van der Waals surface area contributed by atoms with Crippen LogP contribution in [0.4, 0.5) is 17.3 Å². The Labute approximate surface area is 188 Å². The normalized spacial score (nSPS) is 16.2. The van der Waals surface area contributed by atoms with Crippen molar-refractivity contribution in [3.8, 4) is 0 Å². The Morgan fingerprint density at radius 3 is 2.66 bits per heavy atom. The van der Waals surface area contributed by atoms with Gasteiger partial charge in [-0.25, -0.2) is 15.0 Å². The first-order valence-corrected chi connectivity index (χ1v) is 11.3. The predicted molar refractivity (Wildman–Crippen MR) is 126 cm³/mol. The zero-order valence-corrected chi connectivity index (χ0v) is 18.6. The fourth-order valence-electron chi connectivity index (χ4n) is 4.69. The van der Waals surface area contributed by atoms with Crippen molar-refractivity contribution in [1.29, 1.82) is 0 Å². The van der Waals surface area contributed by atoms with Crippen LogP contribution in [0.1, 0.15) is 40.3 Å². The number of carbonyl (C=O) groups is 1. The fourth-order valence-corrected chi connectivity index (χ4v) is 4.69. The van der Waals surface area contributed by atoms with Gasteiger partial charge in [-0.15, -0.1) is 0 Å². The Balaban J connectivity index is 1.28. The maximum absolute atomic E-state index is 13.4. The second-order valence-electron chi connectivity index (χ2n) is 8.56. The molecule has 2 aliphatic rings. The predicted octanol–water partition coefficient (Wildman–Crippen LogP) is 3.77. The zero-order valence-electron chi connectivity index (χ0n) is 18.6. The third kappa shape index (κ3) is 4.02. The SMILES string of the molecule is Cc1cc(N2CCC(Nc3ncccc3C(=O)N3CCc4ccccc43)CC2)nc(C)n1. The summed E-state index contributed by atoms with van der Waals surface area (Å²) in [4.78, 5) is 31.1. The molecule has 164 valence electrons. The van der Waals surface area contributed by atoms with Crippen molar-refractivity contribution in [2.75, 3.05) is 34.8 Å². The van der Waals surface area contributed by atoms with E-state index in [4.69, 9.17) is 0 Å². The van der Waals surface area contributed by atoms with Crippen molar-refractivity contribution < 1.29 is 4.79 Å². The van der Waals surface area contributed by atoms with Crippen molar-refractivity contribution >= 4 is 23.2 Å². The Morgan fingerprint density at radius 2 is 1.84 bits per heavy atom. The van der Waals surface area contributed by atoms with Gasteiger partial charge in [-0.2, -0.15) is 0 Å². The molecule has 0 spiro atoms. The van der Waals surface area contributed by atoms with Gasteiger partial charge in [0.05, 0.1) is 5.56 Å². The van der Waals surface area contributed by atoms with Gasteiger partial charge in [-0.05, 0) is 56.9 Å². The number of hydrogen-bond donors (Lipinski definition) is 1. The Morgan fingerprint density at radius 1 is 1.03 bits per heavy atom. The van der Waals surface area contributed by atoms with Crippen molar-refractivity contribution in [2.24, 2.45) is 0 Å². The molecule has 5 rings (SSSR count). The number of hydrogen-bond acceptors (Lipinski definition) is 6. The smallest absolute Gasteiger partial charge is 0.262 e. The lowest BCUT2D eigenvalue weighted by molar-refractivity contribution is 0.0990. The molecule has 32 heavy (non-hydrogen) atoms. The molecule has 1 amide bonds. The Bertz CT molecular complexity index is 1120. The minimum Gasteiger partial charge on any atom is -0.367 e. The summed E-state index contributed by atoms with van der Waals surface area (Å²) in [6.45, 7) is 6.46. The van der Waals surface area contributed by atoms with E-state index in [1.807, 2.05) is 55.1 Å². The summed E-state index contributed by atoms with van der Waals surface area (Å²) < 4.78 is 0. The number of benzene rings is 1. The lowest BCUT2D eigenvalue weighted by Crippen LogP contribution is -2.40. The van der Waals surface area contributed by atoms with Gasteiger partial charge in [0.2, 0.25) is 0 Å². The van der Waals surface area contributed by atoms with E-state index >= 15 is 0 Å². The largest absolute Gasteiger partial charge is 0.367 e. The van der Waals surface area contributed by atoms with E-state index in [0.29, 0.717) is 17.9 Å². The maximum atomic E-state index is 13.4. The monoisotopic (exact) mass is 428 g/mol. The van der Waals surface area contributed by atoms with Crippen LogP contribution in [0.2, 0.25) is 0 Å². The lowest BCUT2D eigenvalue weighted by Gasteiger charge is -2.34. The topological polar surface area (TPSA) is 74.2 Å². The van der Waals surface area contributed by atoms with Gasteiger partial charge in [0.1, 0.15) is 17.5 Å². The van der Waals surface area contributed by atoms with Crippen LogP contribution in [0.25, 0.3) is 0 Å². The Hall–Kier alpha value is -3.48. The third-order valence-electron chi connectivity index (χ3n) is 6.28. The highest BCUT2D eigenvalue weighted by Crippen LogP contribution is 2.30. The second-order valence-corrected chi connectivity index (χ2v) is 8.56. The molecule has 7 nitrogen and oxygen atoms in total. The molecule has 1 saturated heterocycles. The molecule has 0 radical (unpaired) electrons. The number of anilines is 3. The summed E-state index contributed by atoms with van der Waals surface area (Å²) in [6.07, 6.45) is 4.56. The van der Waals surface area contributed by atoms with Crippen LogP contribution in [0, 0.1) is 13.8 Å². The highest BCUT2D eigenvalue weighted by molar-refractivity contribution is 6.10. The van der Waals surface area contributed by atoms with E-state index in [9.17, 15) is 4.79 Å². The van der Waals surface area contributed by atoms with Crippen molar-refractivity contribution in [1.82, 2.24) is 15.0 Å².